The van der Waals surface area contributed by atoms with E-state index in [4.69, 9.17) is 5.73 Å². The first-order valence-electron chi connectivity index (χ1n) is 6.35. The van der Waals surface area contributed by atoms with Crippen LogP contribution >= 0.6 is 0 Å². The molecule has 0 atom stereocenters. The average molecular weight is 265 g/mol. The molecule has 0 aliphatic carbocycles. The van der Waals surface area contributed by atoms with Crippen molar-refractivity contribution in [1.82, 2.24) is 4.98 Å². The monoisotopic (exact) mass is 265 g/mol. The molecule has 0 saturated carbocycles. The van der Waals surface area contributed by atoms with Crippen molar-refractivity contribution in [3.05, 3.63) is 54.2 Å². The highest BCUT2D eigenvalue weighted by Crippen LogP contribution is 2.30. The van der Waals surface area contributed by atoms with Crippen LogP contribution in [0.15, 0.2) is 48.7 Å². The van der Waals surface area contributed by atoms with Gasteiger partial charge < -0.3 is 16.2 Å². The summed E-state index contributed by atoms with van der Waals surface area (Å²) in [5, 5.41) is 14.5. The van der Waals surface area contributed by atoms with Crippen LogP contribution in [0.2, 0.25) is 0 Å². The minimum atomic E-state index is 0.237. The van der Waals surface area contributed by atoms with Crippen molar-refractivity contribution in [2.24, 2.45) is 0 Å². The molecule has 0 aliphatic heterocycles. The van der Waals surface area contributed by atoms with Gasteiger partial charge in [0.15, 0.2) is 0 Å². The van der Waals surface area contributed by atoms with Gasteiger partial charge >= 0.3 is 0 Å². The van der Waals surface area contributed by atoms with E-state index in [-0.39, 0.29) is 5.75 Å². The number of fused-ring (bicyclic) bond motifs is 1. The van der Waals surface area contributed by atoms with Crippen LogP contribution in [-0.4, -0.2) is 10.1 Å². The number of hydrogen-bond acceptors (Lipinski definition) is 4. The third-order valence-electron chi connectivity index (χ3n) is 3.34. The second kappa shape index (κ2) is 4.74. The van der Waals surface area contributed by atoms with Gasteiger partial charge in [-0.25, -0.2) is 4.98 Å². The highest BCUT2D eigenvalue weighted by Gasteiger charge is 2.06. The predicted octanol–water partition coefficient (Wildman–Crippen LogP) is 3.57. The van der Waals surface area contributed by atoms with Gasteiger partial charge in [-0.15, -0.1) is 0 Å². The number of pyridine rings is 1. The SMILES string of the molecule is Cc1ccc2c(Nc3ccc(O)cc3)nccc2c1N. The first kappa shape index (κ1) is 12.3. The maximum Gasteiger partial charge on any atom is 0.138 e. The minimum Gasteiger partial charge on any atom is -0.508 e. The van der Waals surface area contributed by atoms with Crippen LogP contribution in [0.3, 0.4) is 0 Å². The van der Waals surface area contributed by atoms with Gasteiger partial charge in [-0.1, -0.05) is 12.1 Å². The molecule has 4 N–H and O–H groups in total. The van der Waals surface area contributed by atoms with E-state index in [0.29, 0.717) is 0 Å². The van der Waals surface area contributed by atoms with Crippen molar-refractivity contribution in [3.63, 3.8) is 0 Å². The number of hydrogen-bond donors (Lipinski definition) is 3. The Morgan fingerprint density at radius 3 is 2.50 bits per heavy atom. The van der Waals surface area contributed by atoms with Gasteiger partial charge in [0, 0.05) is 28.3 Å². The van der Waals surface area contributed by atoms with Gasteiger partial charge in [0.2, 0.25) is 0 Å². The zero-order valence-corrected chi connectivity index (χ0v) is 11.1. The third-order valence-corrected chi connectivity index (χ3v) is 3.34. The van der Waals surface area contributed by atoms with Crippen LogP contribution in [0.25, 0.3) is 10.8 Å². The van der Waals surface area contributed by atoms with Crippen LogP contribution in [-0.2, 0) is 0 Å². The lowest BCUT2D eigenvalue weighted by atomic mass is 10.1. The number of nitrogens with one attached hydrogen (secondary N) is 1. The third kappa shape index (κ3) is 2.12. The van der Waals surface area contributed by atoms with Crippen LogP contribution in [0, 0.1) is 6.92 Å². The largest absolute Gasteiger partial charge is 0.508 e. The number of aromatic hydroxyl groups is 1. The summed E-state index contributed by atoms with van der Waals surface area (Å²) in [6.07, 6.45) is 1.74. The van der Waals surface area contributed by atoms with Crippen LogP contribution < -0.4 is 11.1 Å². The smallest absolute Gasteiger partial charge is 0.138 e. The first-order valence-corrected chi connectivity index (χ1v) is 6.35. The number of aryl methyl sites for hydroxylation is 1. The Morgan fingerprint density at radius 2 is 1.75 bits per heavy atom. The molecule has 0 aliphatic rings. The molecular formula is C16H15N3O. The molecule has 2 aromatic carbocycles. The predicted molar refractivity (Wildman–Crippen MR) is 82.3 cm³/mol. The summed E-state index contributed by atoms with van der Waals surface area (Å²) in [7, 11) is 0. The summed E-state index contributed by atoms with van der Waals surface area (Å²) in [4.78, 5) is 4.37. The fourth-order valence-corrected chi connectivity index (χ4v) is 2.17. The second-order valence-electron chi connectivity index (χ2n) is 4.72. The second-order valence-corrected chi connectivity index (χ2v) is 4.72. The molecule has 1 heterocycles. The maximum absolute atomic E-state index is 9.30. The van der Waals surface area contributed by atoms with Gasteiger partial charge in [-0.3, -0.25) is 0 Å². The van der Waals surface area contributed by atoms with E-state index in [9.17, 15) is 5.11 Å². The number of phenolic OH excluding ortho intramolecular Hbond substituents is 1. The number of nitrogens with two attached hydrogens (primary N) is 1. The van der Waals surface area contributed by atoms with Crippen LogP contribution in [0.4, 0.5) is 17.2 Å². The lowest BCUT2D eigenvalue weighted by molar-refractivity contribution is 0.475. The van der Waals surface area contributed by atoms with E-state index in [1.807, 2.05) is 25.1 Å². The van der Waals surface area contributed by atoms with E-state index >= 15 is 0 Å². The average Bonchev–Trinajstić information content (AvgIpc) is 2.46. The summed E-state index contributed by atoms with van der Waals surface area (Å²) < 4.78 is 0. The Balaban J connectivity index is 2.08. The molecule has 4 nitrogen and oxygen atoms in total. The molecule has 100 valence electrons. The molecule has 4 heteroatoms. The zero-order valence-electron chi connectivity index (χ0n) is 11.1. The number of phenols is 1. The molecule has 0 spiro atoms. The van der Waals surface area contributed by atoms with Crippen LogP contribution in [0.5, 0.6) is 5.75 Å². The highest BCUT2D eigenvalue weighted by molar-refractivity contribution is 6.01. The quantitative estimate of drug-likeness (QED) is 0.489. The molecule has 3 rings (SSSR count). The molecule has 0 amide bonds. The summed E-state index contributed by atoms with van der Waals surface area (Å²) in [6, 6.07) is 12.8. The zero-order chi connectivity index (χ0) is 14.1. The number of rotatable bonds is 2. The Kier molecular flexibility index (Phi) is 2.91. The lowest BCUT2D eigenvalue weighted by Crippen LogP contribution is -1.97. The Morgan fingerprint density at radius 1 is 1.00 bits per heavy atom. The van der Waals surface area contributed by atoms with Crippen molar-refractivity contribution in [1.29, 1.82) is 0 Å². The Bertz CT molecular complexity index is 767. The Hall–Kier alpha value is -2.75. The molecule has 0 radical (unpaired) electrons. The van der Waals surface area contributed by atoms with Crippen molar-refractivity contribution in [2.75, 3.05) is 11.1 Å². The minimum absolute atomic E-state index is 0.237. The number of nitrogens with zero attached hydrogens (tertiary/aromatic N) is 1. The fourth-order valence-electron chi connectivity index (χ4n) is 2.17. The maximum atomic E-state index is 9.30. The van der Waals surface area contributed by atoms with E-state index < -0.39 is 0 Å². The topological polar surface area (TPSA) is 71.2 Å². The van der Waals surface area contributed by atoms with Gasteiger partial charge in [0.1, 0.15) is 11.6 Å². The van der Waals surface area contributed by atoms with Crippen molar-refractivity contribution >= 4 is 28.0 Å². The summed E-state index contributed by atoms with van der Waals surface area (Å²) in [6.45, 7) is 1.99. The first-order chi connectivity index (χ1) is 9.65. The summed E-state index contributed by atoms with van der Waals surface area (Å²) in [5.41, 5.74) is 8.81. The van der Waals surface area contributed by atoms with Gasteiger partial charge in [0.25, 0.3) is 0 Å². The van der Waals surface area contributed by atoms with Crippen LogP contribution in [0.1, 0.15) is 5.56 Å². The molecule has 0 fully saturated rings. The molecule has 1 aromatic heterocycles. The van der Waals surface area contributed by atoms with Crippen molar-refractivity contribution in [3.8, 4) is 5.75 Å². The van der Waals surface area contributed by atoms with E-state index in [1.54, 1.807) is 30.5 Å². The summed E-state index contributed by atoms with van der Waals surface area (Å²) >= 11 is 0. The number of anilines is 3. The van der Waals surface area contributed by atoms with Crippen molar-refractivity contribution in [2.45, 2.75) is 6.92 Å². The summed E-state index contributed by atoms with van der Waals surface area (Å²) in [5.74, 6) is 0.987. The molecule has 0 bridgehead atoms. The molecule has 0 saturated heterocycles. The van der Waals surface area contributed by atoms with Gasteiger partial charge in [-0.05, 0) is 42.8 Å². The van der Waals surface area contributed by atoms with Gasteiger partial charge in [0.05, 0.1) is 0 Å². The lowest BCUT2D eigenvalue weighted by Gasteiger charge is -2.11. The van der Waals surface area contributed by atoms with E-state index in [0.717, 1.165) is 33.5 Å². The highest BCUT2D eigenvalue weighted by atomic mass is 16.3. The number of aromatic nitrogens is 1. The van der Waals surface area contributed by atoms with Crippen molar-refractivity contribution < 1.29 is 5.11 Å². The van der Waals surface area contributed by atoms with Gasteiger partial charge in [-0.2, -0.15) is 0 Å². The molecular weight excluding hydrogens is 250 g/mol. The standard InChI is InChI=1S/C16H15N3O/c1-10-2-7-14-13(15(10)17)8-9-18-16(14)19-11-3-5-12(20)6-4-11/h2-9,20H,17H2,1H3,(H,18,19). The molecule has 3 aromatic rings. The number of nitrogen functional groups attached to an aromatic ring is 1. The number of benzene rings is 2. The van der Waals surface area contributed by atoms with E-state index in [2.05, 4.69) is 10.3 Å². The molecule has 0 unspecified atom stereocenters. The normalized spacial score (nSPS) is 10.7. The Labute approximate surface area is 116 Å². The van der Waals surface area contributed by atoms with E-state index in [1.165, 1.54) is 0 Å². The molecule has 20 heavy (non-hydrogen) atoms. The fraction of sp³-hybridized carbons (Fsp3) is 0.0625.